The number of hydrogen-bond acceptors (Lipinski definition) is 3. The van der Waals surface area contributed by atoms with E-state index < -0.39 is 6.10 Å². The first kappa shape index (κ1) is 15.3. The third-order valence-electron chi connectivity index (χ3n) is 7.50. The molecule has 124 valence electrons. The molecule has 0 bridgehead atoms. The number of Topliss-reactive ketones (excluding diaryl/α,β-unsaturated/α-hetero) is 1. The summed E-state index contributed by atoms with van der Waals surface area (Å²) in [4.78, 5) is 24.5. The molecular formula is C20H26O3. The van der Waals surface area contributed by atoms with Gasteiger partial charge in [-0.2, -0.15) is 0 Å². The number of aliphatic hydroxyl groups excluding tert-OH is 1. The molecule has 4 rings (SSSR count). The number of fused-ring (bicyclic) bond motifs is 5. The Hall–Kier alpha value is -1.22. The van der Waals surface area contributed by atoms with Gasteiger partial charge in [0.05, 0.1) is 6.10 Å². The number of carbonyl (C=O) groups is 2. The van der Waals surface area contributed by atoms with Crippen LogP contribution in [-0.4, -0.2) is 22.8 Å². The molecule has 0 aromatic heterocycles. The van der Waals surface area contributed by atoms with Crippen molar-refractivity contribution in [3.05, 3.63) is 23.8 Å². The molecule has 0 spiro atoms. The molecule has 3 heteroatoms. The van der Waals surface area contributed by atoms with Gasteiger partial charge in [0, 0.05) is 22.7 Å². The highest BCUT2D eigenvalue weighted by atomic mass is 16.3. The van der Waals surface area contributed by atoms with Crippen LogP contribution in [0.1, 0.15) is 46.5 Å². The number of ketones is 2. The lowest BCUT2D eigenvalue weighted by atomic mass is 9.47. The summed E-state index contributed by atoms with van der Waals surface area (Å²) in [5.74, 6) is 1.41. The maximum atomic E-state index is 12.7. The van der Waals surface area contributed by atoms with Gasteiger partial charge in [0.1, 0.15) is 5.78 Å². The van der Waals surface area contributed by atoms with Gasteiger partial charge in [-0.1, -0.05) is 32.4 Å². The van der Waals surface area contributed by atoms with Crippen LogP contribution in [0.5, 0.6) is 0 Å². The second-order valence-electron chi connectivity index (χ2n) is 8.71. The maximum absolute atomic E-state index is 12.7. The van der Waals surface area contributed by atoms with Gasteiger partial charge in [-0.25, -0.2) is 0 Å². The molecule has 23 heavy (non-hydrogen) atoms. The molecule has 0 aliphatic heterocycles. The molecule has 0 heterocycles. The maximum Gasteiger partial charge on any atom is 0.178 e. The minimum absolute atomic E-state index is 0.0655. The molecule has 1 N–H and O–H groups in total. The van der Waals surface area contributed by atoms with E-state index in [-0.39, 0.29) is 28.4 Å². The molecular weight excluding hydrogens is 288 g/mol. The fourth-order valence-corrected chi connectivity index (χ4v) is 6.44. The fourth-order valence-electron chi connectivity index (χ4n) is 6.44. The van der Waals surface area contributed by atoms with Gasteiger partial charge in [-0.05, 0) is 49.7 Å². The summed E-state index contributed by atoms with van der Waals surface area (Å²) in [5.41, 5.74) is 0.587. The van der Waals surface area contributed by atoms with Crippen LogP contribution in [0.4, 0.5) is 0 Å². The van der Waals surface area contributed by atoms with Gasteiger partial charge in [0.15, 0.2) is 5.78 Å². The molecule has 4 aliphatic rings. The normalized spacial score (nSPS) is 51.8. The van der Waals surface area contributed by atoms with Crippen molar-refractivity contribution >= 4 is 11.6 Å². The molecule has 3 saturated carbocycles. The summed E-state index contributed by atoms with van der Waals surface area (Å²) in [6.07, 6.45) is 8.43. The zero-order valence-electron chi connectivity index (χ0n) is 14.2. The monoisotopic (exact) mass is 314 g/mol. The molecule has 3 nitrogen and oxygen atoms in total. The largest absolute Gasteiger partial charge is 0.393 e. The zero-order valence-corrected chi connectivity index (χ0v) is 14.2. The van der Waals surface area contributed by atoms with E-state index in [4.69, 9.17) is 0 Å². The Morgan fingerprint density at radius 2 is 2.00 bits per heavy atom. The van der Waals surface area contributed by atoms with Crippen LogP contribution in [0.25, 0.3) is 0 Å². The predicted molar refractivity (Wildman–Crippen MR) is 87.6 cm³/mol. The third kappa shape index (κ3) is 1.86. The van der Waals surface area contributed by atoms with E-state index in [1.165, 1.54) is 5.57 Å². The van der Waals surface area contributed by atoms with Crippen molar-refractivity contribution in [2.75, 3.05) is 0 Å². The van der Waals surface area contributed by atoms with E-state index in [0.717, 1.165) is 19.3 Å². The lowest BCUT2D eigenvalue weighted by Gasteiger charge is -2.57. The first-order valence-electron chi connectivity index (χ1n) is 8.94. The summed E-state index contributed by atoms with van der Waals surface area (Å²) >= 11 is 0. The lowest BCUT2D eigenvalue weighted by molar-refractivity contribution is -0.143. The van der Waals surface area contributed by atoms with Gasteiger partial charge in [-0.3, -0.25) is 9.59 Å². The van der Waals surface area contributed by atoms with Gasteiger partial charge in [0.25, 0.3) is 0 Å². The number of carbonyl (C=O) groups excluding carboxylic acids is 2. The van der Waals surface area contributed by atoms with Crippen molar-refractivity contribution in [2.45, 2.75) is 52.6 Å². The van der Waals surface area contributed by atoms with E-state index >= 15 is 0 Å². The molecule has 0 saturated heterocycles. The van der Waals surface area contributed by atoms with Crippen molar-refractivity contribution in [1.29, 1.82) is 0 Å². The Bertz CT molecular complexity index is 645. The second kappa shape index (κ2) is 4.66. The lowest BCUT2D eigenvalue weighted by Crippen LogP contribution is -2.56. The highest BCUT2D eigenvalue weighted by molar-refractivity contribution is 6.01. The van der Waals surface area contributed by atoms with Crippen LogP contribution in [0.2, 0.25) is 0 Å². The molecule has 0 amide bonds. The van der Waals surface area contributed by atoms with Crippen LogP contribution in [0.15, 0.2) is 23.8 Å². The van der Waals surface area contributed by atoms with Gasteiger partial charge >= 0.3 is 0 Å². The summed E-state index contributed by atoms with van der Waals surface area (Å²) in [6.45, 7) is 6.30. The number of allylic oxidation sites excluding steroid dienone is 4. The molecule has 0 aromatic carbocycles. The quantitative estimate of drug-likeness (QED) is 0.747. The first-order chi connectivity index (χ1) is 10.8. The van der Waals surface area contributed by atoms with Gasteiger partial charge in [0.2, 0.25) is 0 Å². The van der Waals surface area contributed by atoms with Crippen molar-refractivity contribution in [3.8, 4) is 0 Å². The Morgan fingerprint density at radius 1 is 1.26 bits per heavy atom. The van der Waals surface area contributed by atoms with E-state index in [9.17, 15) is 14.7 Å². The summed E-state index contributed by atoms with van der Waals surface area (Å²) in [6, 6.07) is 0. The summed E-state index contributed by atoms with van der Waals surface area (Å²) < 4.78 is 0. The molecule has 7 atom stereocenters. The van der Waals surface area contributed by atoms with E-state index in [1.54, 1.807) is 12.2 Å². The Morgan fingerprint density at radius 3 is 2.74 bits per heavy atom. The zero-order chi connectivity index (χ0) is 16.6. The van der Waals surface area contributed by atoms with Gasteiger partial charge < -0.3 is 5.11 Å². The van der Waals surface area contributed by atoms with Crippen LogP contribution < -0.4 is 0 Å². The molecule has 3 fully saturated rings. The molecule has 4 aliphatic carbocycles. The van der Waals surface area contributed by atoms with Crippen molar-refractivity contribution in [3.63, 3.8) is 0 Å². The van der Waals surface area contributed by atoms with E-state index in [0.29, 0.717) is 24.0 Å². The summed E-state index contributed by atoms with van der Waals surface area (Å²) in [7, 11) is 0. The van der Waals surface area contributed by atoms with Crippen LogP contribution in [0, 0.1) is 34.5 Å². The SMILES string of the molecule is C[C@@H]1C[C@H]2[C@@H]3CCC4=CC(=O)C=C[C@]4(C)[C@H]3[C@@H](O)C[C@]2(C)C1=O. The van der Waals surface area contributed by atoms with Gasteiger partial charge in [-0.15, -0.1) is 0 Å². The smallest absolute Gasteiger partial charge is 0.178 e. The Kier molecular flexibility index (Phi) is 3.10. The molecule has 0 unspecified atom stereocenters. The highest BCUT2D eigenvalue weighted by Gasteiger charge is 2.62. The minimum Gasteiger partial charge on any atom is -0.393 e. The van der Waals surface area contributed by atoms with Crippen molar-refractivity contribution in [1.82, 2.24) is 0 Å². The number of rotatable bonds is 0. The average Bonchev–Trinajstić information content (AvgIpc) is 2.71. The second-order valence-corrected chi connectivity index (χ2v) is 8.71. The van der Waals surface area contributed by atoms with E-state index in [1.807, 2.05) is 13.0 Å². The average molecular weight is 314 g/mol. The standard InChI is InChI=1S/C20H26O3/c1-11-8-15-14-5-4-12-9-13(21)6-7-19(12,2)17(14)16(22)10-20(15,3)18(11)23/h6-7,9,11,14-17,22H,4-5,8,10H2,1-3H3/t11-,14+,15+,16+,17-,19+,20+/m1/s1. The topological polar surface area (TPSA) is 54.4 Å². The number of aliphatic hydroxyl groups is 1. The highest BCUT2D eigenvalue weighted by Crippen LogP contribution is 2.64. The Labute approximate surface area is 137 Å². The molecule has 0 aromatic rings. The van der Waals surface area contributed by atoms with Crippen LogP contribution >= 0.6 is 0 Å². The minimum atomic E-state index is -0.470. The van der Waals surface area contributed by atoms with Crippen molar-refractivity contribution < 1.29 is 14.7 Å². The van der Waals surface area contributed by atoms with Crippen LogP contribution in [-0.2, 0) is 9.59 Å². The van der Waals surface area contributed by atoms with Crippen LogP contribution in [0.3, 0.4) is 0 Å². The fraction of sp³-hybridized carbons (Fsp3) is 0.700. The van der Waals surface area contributed by atoms with E-state index in [2.05, 4.69) is 13.8 Å². The summed E-state index contributed by atoms with van der Waals surface area (Å²) in [5, 5.41) is 11.0. The first-order valence-corrected chi connectivity index (χ1v) is 8.94. The Balaban J connectivity index is 1.77. The third-order valence-corrected chi connectivity index (χ3v) is 7.50. The predicted octanol–water partition coefficient (Wildman–Crippen LogP) is 3.08. The van der Waals surface area contributed by atoms with Crippen molar-refractivity contribution in [2.24, 2.45) is 34.5 Å². The number of hydrogen-bond donors (Lipinski definition) is 1. The molecule has 0 radical (unpaired) electrons.